The maximum Gasteiger partial charge on any atom is 0.301 e. The van der Waals surface area contributed by atoms with Gasteiger partial charge in [-0.05, 0) is 66.6 Å². The molecule has 1 fully saturated rings. The lowest BCUT2D eigenvalue weighted by Crippen LogP contribution is -2.29. The number of aliphatic hydroxyl groups excluding tert-OH is 1. The second-order valence-electron chi connectivity index (χ2n) is 8.78. The van der Waals surface area contributed by atoms with E-state index in [0.717, 1.165) is 16.9 Å². The molecule has 3 aromatic carbocycles. The van der Waals surface area contributed by atoms with Crippen molar-refractivity contribution < 1.29 is 24.2 Å². The number of ether oxygens (including phenoxy) is 2. The standard InChI is InChI=1S/C29H23Cl2N3O5S2/c1-3-39-20-11-8-16(9-12-20)25(35)23-24(17-5-4-6-21(13-17)38-2)34(27(37)26(23)36)28-32-33-29(41-28)40-15-18-7-10-19(30)14-22(18)31/h4-14,24,35H,3,15H2,1-2H3/b25-23-. The van der Waals surface area contributed by atoms with E-state index in [1.165, 1.54) is 23.8 Å². The number of anilines is 1. The van der Waals surface area contributed by atoms with Crippen LogP contribution in [0.3, 0.4) is 0 Å². The third-order valence-electron chi connectivity index (χ3n) is 6.26. The van der Waals surface area contributed by atoms with E-state index < -0.39 is 17.7 Å². The van der Waals surface area contributed by atoms with Crippen LogP contribution in [0.1, 0.15) is 29.7 Å². The van der Waals surface area contributed by atoms with Crippen LogP contribution >= 0.6 is 46.3 Å². The number of rotatable bonds is 9. The number of halogens is 2. The van der Waals surface area contributed by atoms with E-state index in [2.05, 4.69) is 10.2 Å². The zero-order valence-electron chi connectivity index (χ0n) is 21.8. The summed E-state index contributed by atoms with van der Waals surface area (Å²) in [5.41, 5.74) is 1.73. The third-order valence-corrected chi connectivity index (χ3v) is 8.95. The lowest BCUT2D eigenvalue weighted by atomic mass is 9.95. The number of benzene rings is 3. The van der Waals surface area contributed by atoms with Gasteiger partial charge in [-0.2, -0.15) is 0 Å². The van der Waals surface area contributed by atoms with Gasteiger partial charge >= 0.3 is 5.91 Å². The SMILES string of the molecule is CCOc1ccc(/C(O)=C2/C(=O)C(=O)N(c3nnc(SCc4ccc(Cl)cc4Cl)s3)C2c2cccc(OC)c2)cc1. The molecule has 4 aromatic rings. The minimum atomic E-state index is -0.965. The number of ketones is 1. The number of aromatic nitrogens is 2. The molecule has 210 valence electrons. The average Bonchev–Trinajstić information content (AvgIpc) is 3.54. The fourth-order valence-electron chi connectivity index (χ4n) is 4.32. The van der Waals surface area contributed by atoms with Gasteiger partial charge in [-0.3, -0.25) is 14.5 Å². The summed E-state index contributed by atoms with van der Waals surface area (Å²) in [6.45, 7) is 2.36. The van der Waals surface area contributed by atoms with Crippen molar-refractivity contribution in [2.24, 2.45) is 0 Å². The van der Waals surface area contributed by atoms with E-state index in [0.29, 0.717) is 49.4 Å². The summed E-state index contributed by atoms with van der Waals surface area (Å²) in [5, 5.41) is 21.1. The number of carbonyl (C=O) groups is 2. The molecule has 1 N–H and O–H groups in total. The van der Waals surface area contributed by atoms with Crippen LogP contribution in [0, 0.1) is 0 Å². The molecule has 1 aliphatic heterocycles. The van der Waals surface area contributed by atoms with E-state index in [4.69, 9.17) is 32.7 Å². The number of nitrogens with zero attached hydrogens (tertiary/aromatic N) is 3. The van der Waals surface area contributed by atoms with Crippen molar-refractivity contribution in [2.45, 2.75) is 23.1 Å². The van der Waals surface area contributed by atoms with Crippen LogP contribution in [-0.2, 0) is 15.3 Å². The Morgan fingerprint density at radius 1 is 1.05 bits per heavy atom. The van der Waals surface area contributed by atoms with E-state index >= 15 is 0 Å². The average molecular weight is 629 g/mol. The van der Waals surface area contributed by atoms with Crippen LogP contribution in [0.5, 0.6) is 11.5 Å². The summed E-state index contributed by atoms with van der Waals surface area (Å²) < 4.78 is 11.5. The van der Waals surface area contributed by atoms with E-state index in [9.17, 15) is 14.7 Å². The molecule has 12 heteroatoms. The second kappa shape index (κ2) is 12.5. The number of thioether (sulfide) groups is 1. The lowest BCUT2D eigenvalue weighted by molar-refractivity contribution is -0.132. The quantitative estimate of drug-likeness (QED) is 0.0685. The first-order valence-electron chi connectivity index (χ1n) is 12.4. The van der Waals surface area contributed by atoms with Crippen LogP contribution in [0.2, 0.25) is 10.0 Å². The van der Waals surface area contributed by atoms with Crippen molar-refractivity contribution in [2.75, 3.05) is 18.6 Å². The Bertz CT molecular complexity index is 1640. The van der Waals surface area contributed by atoms with E-state index in [-0.39, 0.29) is 16.5 Å². The molecule has 0 radical (unpaired) electrons. The molecule has 0 aliphatic carbocycles. The number of hydrogen-bond donors (Lipinski definition) is 1. The molecule has 8 nitrogen and oxygen atoms in total. The molecule has 1 unspecified atom stereocenters. The van der Waals surface area contributed by atoms with Gasteiger partial charge in [0.1, 0.15) is 17.3 Å². The van der Waals surface area contributed by atoms with Gasteiger partial charge in [0.25, 0.3) is 5.78 Å². The normalized spacial score (nSPS) is 16.3. The van der Waals surface area contributed by atoms with Crippen LogP contribution in [0.25, 0.3) is 5.76 Å². The van der Waals surface area contributed by atoms with Gasteiger partial charge < -0.3 is 14.6 Å². The predicted octanol–water partition coefficient (Wildman–Crippen LogP) is 7.17. The largest absolute Gasteiger partial charge is 0.507 e. The molecule has 1 aromatic heterocycles. The lowest BCUT2D eigenvalue weighted by Gasteiger charge is -2.23. The molecule has 0 spiro atoms. The van der Waals surface area contributed by atoms with Gasteiger partial charge in [-0.25, -0.2) is 0 Å². The molecule has 1 aliphatic rings. The first kappa shape index (κ1) is 28.9. The van der Waals surface area contributed by atoms with E-state index in [1.807, 2.05) is 13.0 Å². The molecule has 5 rings (SSSR count). The highest BCUT2D eigenvalue weighted by molar-refractivity contribution is 8.00. The van der Waals surface area contributed by atoms with Crippen molar-refractivity contribution in [1.29, 1.82) is 0 Å². The van der Waals surface area contributed by atoms with Crippen LogP contribution in [-0.4, -0.2) is 40.7 Å². The first-order valence-corrected chi connectivity index (χ1v) is 14.9. The van der Waals surface area contributed by atoms with Gasteiger partial charge in [0.2, 0.25) is 5.13 Å². The van der Waals surface area contributed by atoms with Crippen molar-refractivity contribution in [3.63, 3.8) is 0 Å². The number of amides is 1. The number of aliphatic hydroxyl groups is 1. The van der Waals surface area contributed by atoms with Gasteiger partial charge in [0.05, 0.1) is 25.3 Å². The fraction of sp³-hybridized carbons (Fsp3) is 0.172. The van der Waals surface area contributed by atoms with Crippen LogP contribution in [0.15, 0.2) is 76.6 Å². The Labute approximate surface area is 254 Å². The molecule has 0 bridgehead atoms. The number of Topliss-reactive ketones (excluding diaryl/α,β-unsaturated/α-hetero) is 1. The number of hydrogen-bond acceptors (Lipinski definition) is 9. The zero-order valence-corrected chi connectivity index (χ0v) is 25.0. The summed E-state index contributed by atoms with van der Waals surface area (Å²) in [7, 11) is 1.52. The first-order chi connectivity index (χ1) is 19.8. The van der Waals surface area contributed by atoms with Gasteiger partial charge in [-0.1, -0.05) is 64.5 Å². The van der Waals surface area contributed by atoms with E-state index in [1.54, 1.807) is 60.7 Å². The minimum absolute atomic E-state index is 0.0650. The Morgan fingerprint density at radius 3 is 2.54 bits per heavy atom. The molecule has 0 saturated carbocycles. The molecular formula is C29H23Cl2N3O5S2. The van der Waals surface area contributed by atoms with Crippen molar-refractivity contribution >= 4 is 68.9 Å². The topological polar surface area (TPSA) is 102 Å². The summed E-state index contributed by atoms with van der Waals surface area (Å²) in [6, 6.07) is 17.9. The summed E-state index contributed by atoms with van der Waals surface area (Å²) in [6.07, 6.45) is 0. The predicted molar refractivity (Wildman–Crippen MR) is 161 cm³/mol. The smallest absolute Gasteiger partial charge is 0.301 e. The number of carbonyl (C=O) groups excluding carboxylic acids is 2. The maximum absolute atomic E-state index is 13.5. The Hall–Kier alpha value is -3.57. The zero-order chi connectivity index (χ0) is 29.1. The highest BCUT2D eigenvalue weighted by atomic mass is 35.5. The highest BCUT2D eigenvalue weighted by Crippen LogP contribution is 2.44. The van der Waals surface area contributed by atoms with Crippen LogP contribution in [0.4, 0.5) is 5.13 Å². The molecule has 2 heterocycles. The number of methoxy groups -OCH3 is 1. The van der Waals surface area contributed by atoms with Gasteiger partial charge in [0.15, 0.2) is 4.34 Å². The molecule has 1 atom stereocenters. The minimum Gasteiger partial charge on any atom is -0.507 e. The van der Waals surface area contributed by atoms with Crippen molar-refractivity contribution in [1.82, 2.24) is 10.2 Å². The van der Waals surface area contributed by atoms with Gasteiger partial charge in [0, 0.05) is 21.4 Å². The molecule has 1 amide bonds. The van der Waals surface area contributed by atoms with Crippen molar-refractivity contribution in [3.8, 4) is 11.5 Å². The third kappa shape index (κ3) is 6.06. The van der Waals surface area contributed by atoms with Crippen LogP contribution < -0.4 is 14.4 Å². The summed E-state index contributed by atoms with van der Waals surface area (Å²) in [4.78, 5) is 28.2. The Morgan fingerprint density at radius 2 is 1.83 bits per heavy atom. The molecular weight excluding hydrogens is 605 g/mol. The van der Waals surface area contributed by atoms with Gasteiger partial charge in [-0.15, -0.1) is 10.2 Å². The van der Waals surface area contributed by atoms with Crippen molar-refractivity contribution in [3.05, 3.63) is 99.0 Å². The Kier molecular flexibility index (Phi) is 8.84. The second-order valence-corrected chi connectivity index (χ2v) is 11.8. The summed E-state index contributed by atoms with van der Waals surface area (Å²) in [5.74, 6) is -0.311. The monoisotopic (exact) mass is 627 g/mol. The highest BCUT2D eigenvalue weighted by Gasteiger charge is 2.48. The fourth-order valence-corrected chi connectivity index (χ4v) is 6.75. The molecule has 1 saturated heterocycles. The summed E-state index contributed by atoms with van der Waals surface area (Å²) >= 11 is 14.9. The maximum atomic E-state index is 13.5. The Balaban J connectivity index is 1.53. The molecule has 41 heavy (non-hydrogen) atoms.